The second-order valence-electron chi connectivity index (χ2n) is 6.05. The predicted molar refractivity (Wildman–Crippen MR) is 100.0 cm³/mol. The molecule has 1 amide bonds. The molecule has 134 valence electrons. The van der Waals surface area contributed by atoms with Gasteiger partial charge in [0, 0.05) is 7.05 Å². The van der Waals surface area contributed by atoms with Gasteiger partial charge in [0.15, 0.2) is 6.10 Å². The number of ether oxygens (including phenoxy) is 1. The van der Waals surface area contributed by atoms with E-state index < -0.39 is 6.10 Å². The Morgan fingerprint density at radius 2 is 1.85 bits per heavy atom. The van der Waals surface area contributed by atoms with E-state index in [1.807, 2.05) is 43.3 Å². The van der Waals surface area contributed by atoms with Crippen LogP contribution in [0.1, 0.15) is 19.2 Å². The molecule has 1 aromatic heterocycles. The summed E-state index contributed by atoms with van der Waals surface area (Å²) in [6, 6.07) is 16.4. The second kappa shape index (κ2) is 7.82. The highest BCUT2D eigenvalue weighted by molar-refractivity contribution is 5.81. The van der Waals surface area contributed by atoms with Gasteiger partial charge in [-0.3, -0.25) is 9.59 Å². The molecule has 0 bridgehead atoms. The number of rotatable bonds is 6. The summed E-state index contributed by atoms with van der Waals surface area (Å²) in [4.78, 5) is 33.6. The van der Waals surface area contributed by atoms with Crippen LogP contribution in [-0.2, 0) is 11.3 Å². The number of nitrogens with zero attached hydrogens (tertiary/aromatic N) is 2. The first kappa shape index (κ1) is 17.7. The molecular formula is C20H21N3O3. The summed E-state index contributed by atoms with van der Waals surface area (Å²) in [6.07, 6.45) is -0.0469. The van der Waals surface area contributed by atoms with E-state index in [1.54, 1.807) is 25.2 Å². The zero-order valence-corrected chi connectivity index (χ0v) is 14.8. The fraction of sp³-hybridized carbons (Fsp3) is 0.250. The van der Waals surface area contributed by atoms with Gasteiger partial charge in [0.05, 0.1) is 17.4 Å². The molecule has 0 unspecified atom stereocenters. The SMILES string of the molecule is CC[C@@H](Oc1ccccc1)C(=O)N(C)Cc1nc2ccccc2c(=O)[nH]1. The highest BCUT2D eigenvalue weighted by Crippen LogP contribution is 2.14. The van der Waals surface area contributed by atoms with Crippen LogP contribution in [0.5, 0.6) is 5.75 Å². The normalized spacial score (nSPS) is 11.9. The van der Waals surface area contributed by atoms with Gasteiger partial charge in [-0.05, 0) is 30.7 Å². The zero-order chi connectivity index (χ0) is 18.5. The number of carbonyl (C=O) groups excluding carboxylic acids is 1. The highest BCUT2D eigenvalue weighted by atomic mass is 16.5. The Morgan fingerprint density at radius 3 is 2.58 bits per heavy atom. The van der Waals surface area contributed by atoms with Gasteiger partial charge in [-0.25, -0.2) is 4.98 Å². The van der Waals surface area contributed by atoms with E-state index in [2.05, 4.69) is 9.97 Å². The van der Waals surface area contributed by atoms with E-state index in [-0.39, 0.29) is 18.0 Å². The number of para-hydroxylation sites is 2. The minimum atomic E-state index is -0.588. The van der Waals surface area contributed by atoms with Crippen LogP contribution in [0.25, 0.3) is 10.9 Å². The molecule has 0 aliphatic rings. The van der Waals surface area contributed by atoms with Crippen LogP contribution in [-0.4, -0.2) is 33.9 Å². The van der Waals surface area contributed by atoms with Crippen LogP contribution in [0.2, 0.25) is 0 Å². The number of benzene rings is 2. The van der Waals surface area contributed by atoms with Gasteiger partial charge in [-0.2, -0.15) is 0 Å². The summed E-state index contributed by atoms with van der Waals surface area (Å²) in [5.41, 5.74) is 0.402. The zero-order valence-electron chi connectivity index (χ0n) is 14.8. The van der Waals surface area contributed by atoms with Crippen molar-refractivity contribution in [2.24, 2.45) is 0 Å². The molecule has 3 aromatic rings. The van der Waals surface area contributed by atoms with Crippen LogP contribution < -0.4 is 10.3 Å². The molecule has 6 heteroatoms. The molecule has 0 saturated heterocycles. The van der Waals surface area contributed by atoms with Crippen molar-refractivity contribution < 1.29 is 9.53 Å². The van der Waals surface area contributed by atoms with E-state index in [0.29, 0.717) is 28.9 Å². The van der Waals surface area contributed by atoms with Crippen LogP contribution in [0.4, 0.5) is 0 Å². The fourth-order valence-corrected chi connectivity index (χ4v) is 2.73. The van der Waals surface area contributed by atoms with Crippen molar-refractivity contribution in [1.82, 2.24) is 14.9 Å². The smallest absolute Gasteiger partial charge is 0.263 e. The predicted octanol–water partition coefficient (Wildman–Crippen LogP) is 2.74. The average molecular weight is 351 g/mol. The number of H-pyrrole nitrogens is 1. The average Bonchev–Trinajstić information content (AvgIpc) is 2.66. The van der Waals surface area contributed by atoms with Gasteiger partial charge in [-0.1, -0.05) is 37.3 Å². The quantitative estimate of drug-likeness (QED) is 0.741. The summed E-state index contributed by atoms with van der Waals surface area (Å²) in [7, 11) is 1.68. The van der Waals surface area contributed by atoms with Crippen molar-refractivity contribution in [3.05, 3.63) is 70.8 Å². The molecule has 1 atom stereocenters. The lowest BCUT2D eigenvalue weighted by atomic mass is 10.2. The largest absolute Gasteiger partial charge is 0.481 e. The van der Waals surface area contributed by atoms with E-state index in [1.165, 1.54) is 4.90 Å². The van der Waals surface area contributed by atoms with Crippen molar-refractivity contribution in [3.8, 4) is 5.75 Å². The summed E-state index contributed by atoms with van der Waals surface area (Å²) in [5, 5.41) is 0.532. The van der Waals surface area contributed by atoms with Gasteiger partial charge in [-0.15, -0.1) is 0 Å². The van der Waals surface area contributed by atoms with Gasteiger partial charge < -0.3 is 14.6 Å². The first-order chi connectivity index (χ1) is 12.6. The van der Waals surface area contributed by atoms with Gasteiger partial charge in [0.1, 0.15) is 11.6 Å². The standard InChI is InChI=1S/C20H21N3O3/c1-3-17(26-14-9-5-4-6-10-14)20(25)23(2)13-18-21-16-12-8-7-11-15(16)19(24)22-18/h4-12,17H,3,13H2,1-2H3,(H,21,22,24)/t17-/m1/s1. The molecule has 1 heterocycles. The molecule has 0 radical (unpaired) electrons. The van der Waals surface area contributed by atoms with Crippen LogP contribution in [0.3, 0.4) is 0 Å². The molecule has 0 saturated carbocycles. The lowest BCUT2D eigenvalue weighted by Crippen LogP contribution is -2.39. The Balaban J connectivity index is 1.75. The van der Waals surface area contributed by atoms with Crippen molar-refractivity contribution in [3.63, 3.8) is 0 Å². The molecule has 0 aliphatic carbocycles. The van der Waals surface area contributed by atoms with Crippen LogP contribution in [0.15, 0.2) is 59.4 Å². The van der Waals surface area contributed by atoms with E-state index in [4.69, 9.17) is 4.74 Å². The number of aromatic nitrogens is 2. The monoisotopic (exact) mass is 351 g/mol. The van der Waals surface area contributed by atoms with E-state index >= 15 is 0 Å². The number of hydrogen-bond donors (Lipinski definition) is 1. The lowest BCUT2D eigenvalue weighted by Gasteiger charge is -2.23. The molecule has 2 aromatic carbocycles. The highest BCUT2D eigenvalue weighted by Gasteiger charge is 2.23. The lowest BCUT2D eigenvalue weighted by molar-refractivity contribution is -0.138. The van der Waals surface area contributed by atoms with Crippen molar-refractivity contribution in [1.29, 1.82) is 0 Å². The van der Waals surface area contributed by atoms with E-state index in [9.17, 15) is 9.59 Å². The minimum absolute atomic E-state index is 0.160. The topological polar surface area (TPSA) is 75.3 Å². The van der Waals surface area contributed by atoms with Crippen molar-refractivity contribution >= 4 is 16.8 Å². The maximum absolute atomic E-state index is 12.7. The summed E-state index contributed by atoms with van der Waals surface area (Å²) in [6.45, 7) is 2.10. The maximum Gasteiger partial charge on any atom is 0.263 e. The Morgan fingerprint density at radius 1 is 1.15 bits per heavy atom. The Hall–Kier alpha value is -3.15. The Bertz CT molecular complexity index is 953. The maximum atomic E-state index is 12.7. The summed E-state index contributed by atoms with van der Waals surface area (Å²) >= 11 is 0. The molecule has 0 fully saturated rings. The molecular weight excluding hydrogens is 330 g/mol. The van der Waals surface area contributed by atoms with Gasteiger partial charge in [0.25, 0.3) is 11.5 Å². The molecule has 3 rings (SSSR count). The van der Waals surface area contributed by atoms with Crippen molar-refractivity contribution in [2.45, 2.75) is 26.0 Å². The number of nitrogens with one attached hydrogen (secondary N) is 1. The van der Waals surface area contributed by atoms with Crippen LogP contribution in [0, 0.1) is 0 Å². The third kappa shape index (κ3) is 3.91. The first-order valence-electron chi connectivity index (χ1n) is 8.53. The van der Waals surface area contributed by atoms with E-state index in [0.717, 1.165) is 0 Å². The number of aromatic amines is 1. The fourth-order valence-electron chi connectivity index (χ4n) is 2.73. The summed E-state index contributed by atoms with van der Waals surface area (Å²) < 4.78 is 5.79. The third-order valence-electron chi connectivity index (χ3n) is 4.09. The number of amides is 1. The first-order valence-corrected chi connectivity index (χ1v) is 8.53. The number of carbonyl (C=O) groups is 1. The van der Waals surface area contributed by atoms with Crippen molar-refractivity contribution in [2.75, 3.05) is 7.05 Å². The number of hydrogen-bond acceptors (Lipinski definition) is 4. The molecule has 26 heavy (non-hydrogen) atoms. The number of likely N-dealkylation sites (N-methyl/N-ethyl adjacent to an activating group) is 1. The van der Waals surface area contributed by atoms with Gasteiger partial charge >= 0.3 is 0 Å². The summed E-state index contributed by atoms with van der Waals surface area (Å²) in [5.74, 6) is 0.935. The Kier molecular flexibility index (Phi) is 5.31. The van der Waals surface area contributed by atoms with Gasteiger partial charge in [0.2, 0.25) is 0 Å². The van der Waals surface area contributed by atoms with Crippen LogP contribution >= 0.6 is 0 Å². The molecule has 0 spiro atoms. The number of fused-ring (bicyclic) bond motifs is 1. The minimum Gasteiger partial charge on any atom is -0.481 e. The second-order valence-corrected chi connectivity index (χ2v) is 6.05. The molecule has 1 N–H and O–H groups in total. The Labute approximate surface area is 151 Å². The molecule has 6 nitrogen and oxygen atoms in total. The molecule has 0 aliphatic heterocycles. The third-order valence-corrected chi connectivity index (χ3v) is 4.09.